The molecule has 4 heteroatoms. The number of pyridine rings is 1. The zero-order valence-electron chi connectivity index (χ0n) is 8.52. The summed E-state index contributed by atoms with van der Waals surface area (Å²) >= 11 is 0. The van der Waals surface area contributed by atoms with Gasteiger partial charge >= 0.3 is 0 Å². The molecule has 0 spiro atoms. The molecule has 0 unspecified atom stereocenters. The Labute approximate surface area is 87.2 Å². The molecule has 0 aromatic carbocycles. The number of aromatic nitrogens is 1. The quantitative estimate of drug-likeness (QED) is 0.645. The van der Waals surface area contributed by atoms with E-state index < -0.39 is 0 Å². The van der Waals surface area contributed by atoms with E-state index in [1.807, 2.05) is 0 Å². The topological polar surface area (TPSA) is 50.3 Å². The minimum absolute atomic E-state index is 0.247. The molecule has 1 aliphatic heterocycles. The number of rotatable bonds is 1. The molecule has 0 N–H and O–H groups in total. The molecule has 0 saturated heterocycles. The van der Waals surface area contributed by atoms with Gasteiger partial charge in [0.25, 0.3) is 11.8 Å². The van der Waals surface area contributed by atoms with E-state index in [1.165, 1.54) is 4.90 Å². The first-order chi connectivity index (χ1) is 7.13. The Morgan fingerprint density at radius 1 is 1.00 bits per heavy atom. The molecule has 0 radical (unpaired) electrons. The molecular formula is C11H10N2O2. The maximum absolute atomic E-state index is 11.8. The normalized spacial score (nSPS) is 16.5. The summed E-state index contributed by atoms with van der Waals surface area (Å²) in [4.78, 5) is 28.5. The van der Waals surface area contributed by atoms with Crippen LogP contribution in [0.3, 0.4) is 0 Å². The van der Waals surface area contributed by atoms with Crippen molar-refractivity contribution in [2.45, 2.75) is 13.8 Å². The van der Waals surface area contributed by atoms with Crippen LogP contribution in [0.15, 0.2) is 35.7 Å². The minimum Gasteiger partial charge on any atom is -0.269 e. The molecule has 15 heavy (non-hydrogen) atoms. The van der Waals surface area contributed by atoms with Crippen molar-refractivity contribution < 1.29 is 9.59 Å². The van der Waals surface area contributed by atoms with Crippen molar-refractivity contribution in [3.8, 4) is 0 Å². The number of nitrogens with zero attached hydrogens (tertiary/aromatic N) is 2. The lowest BCUT2D eigenvalue weighted by molar-refractivity contribution is -0.120. The van der Waals surface area contributed by atoms with E-state index in [1.54, 1.807) is 38.4 Å². The van der Waals surface area contributed by atoms with E-state index in [4.69, 9.17) is 0 Å². The van der Waals surface area contributed by atoms with Crippen molar-refractivity contribution in [3.63, 3.8) is 0 Å². The lowest BCUT2D eigenvalue weighted by atomic mass is 10.2. The molecule has 2 rings (SSSR count). The SMILES string of the molecule is CC1=C(C)C(=O)N(c2ccncc2)C1=O. The highest BCUT2D eigenvalue weighted by molar-refractivity contribution is 6.32. The molecular weight excluding hydrogens is 192 g/mol. The van der Waals surface area contributed by atoms with Gasteiger partial charge in [-0.15, -0.1) is 0 Å². The summed E-state index contributed by atoms with van der Waals surface area (Å²) < 4.78 is 0. The largest absolute Gasteiger partial charge is 0.269 e. The van der Waals surface area contributed by atoms with E-state index in [2.05, 4.69) is 4.98 Å². The van der Waals surface area contributed by atoms with Crippen molar-refractivity contribution >= 4 is 17.5 Å². The summed E-state index contributed by atoms with van der Waals surface area (Å²) in [5, 5.41) is 0. The fourth-order valence-electron chi connectivity index (χ4n) is 1.48. The summed E-state index contributed by atoms with van der Waals surface area (Å²) in [5.41, 5.74) is 1.59. The monoisotopic (exact) mass is 202 g/mol. The number of carbonyl (C=O) groups is 2. The van der Waals surface area contributed by atoms with Crippen LogP contribution in [0.2, 0.25) is 0 Å². The molecule has 2 amide bonds. The van der Waals surface area contributed by atoms with Gasteiger partial charge in [-0.2, -0.15) is 0 Å². The predicted octanol–water partition coefficient (Wildman–Crippen LogP) is 1.29. The Morgan fingerprint density at radius 3 is 1.93 bits per heavy atom. The highest BCUT2D eigenvalue weighted by atomic mass is 16.2. The van der Waals surface area contributed by atoms with Crippen molar-refractivity contribution in [2.24, 2.45) is 0 Å². The summed E-state index contributed by atoms with van der Waals surface area (Å²) in [7, 11) is 0. The molecule has 4 nitrogen and oxygen atoms in total. The lowest BCUT2D eigenvalue weighted by Crippen LogP contribution is -2.31. The van der Waals surface area contributed by atoms with E-state index >= 15 is 0 Å². The maximum Gasteiger partial charge on any atom is 0.261 e. The van der Waals surface area contributed by atoms with Crippen LogP contribution in [0.1, 0.15) is 13.8 Å². The molecule has 2 heterocycles. The van der Waals surface area contributed by atoms with Crippen LogP contribution in [-0.2, 0) is 9.59 Å². The Kier molecular flexibility index (Phi) is 2.11. The predicted molar refractivity (Wildman–Crippen MR) is 55.1 cm³/mol. The van der Waals surface area contributed by atoms with Gasteiger partial charge in [0.15, 0.2) is 0 Å². The Bertz CT molecular complexity index is 439. The molecule has 76 valence electrons. The average molecular weight is 202 g/mol. The van der Waals surface area contributed by atoms with Crippen molar-refractivity contribution in [1.29, 1.82) is 0 Å². The van der Waals surface area contributed by atoms with Gasteiger partial charge in [0, 0.05) is 23.5 Å². The molecule has 0 bridgehead atoms. The van der Waals surface area contributed by atoms with Crippen molar-refractivity contribution in [1.82, 2.24) is 4.98 Å². The highest BCUT2D eigenvalue weighted by Crippen LogP contribution is 2.25. The third-order valence-corrected chi connectivity index (χ3v) is 2.53. The molecule has 1 aliphatic rings. The Morgan fingerprint density at radius 2 is 1.47 bits per heavy atom. The third-order valence-electron chi connectivity index (χ3n) is 2.53. The van der Waals surface area contributed by atoms with Crippen molar-refractivity contribution in [2.75, 3.05) is 4.90 Å². The Balaban J connectivity index is 2.44. The summed E-state index contributed by atoms with van der Waals surface area (Å²) in [6.07, 6.45) is 3.11. The first kappa shape index (κ1) is 9.58. The number of imide groups is 1. The van der Waals surface area contributed by atoms with E-state index in [0.717, 1.165) is 0 Å². The summed E-state index contributed by atoms with van der Waals surface area (Å²) in [6.45, 7) is 3.33. The van der Waals surface area contributed by atoms with Gasteiger partial charge in [0.2, 0.25) is 0 Å². The van der Waals surface area contributed by atoms with Crippen LogP contribution in [0.4, 0.5) is 5.69 Å². The van der Waals surface area contributed by atoms with E-state index in [0.29, 0.717) is 16.8 Å². The van der Waals surface area contributed by atoms with Gasteiger partial charge in [0.05, 0.1) is 5.69 Å². The Hall–Kier alpha value is -1.97. The zero-order valence-corrected chi connectivity index (χ0v) is 8.52. The fraction of sp³-hybridized carbons (Fsp3) is 0.182. The highest BCUT2D eigenvalue weighted by Gasteiger charge is 2.34. The summed E-state index contributed by atoms with van der Waals surface area (Å²) in [5.74, 6) is -0.493. The first-order valence-electron chi connectivity index (χ1n) is 4.59. The van der Waals surface area contributed by atoms with Crippen LogP contribution in [0.5, 0.6) is 0 Å². The molecule has 0 saturated carbocycles. The van der Waals surface area contributed by atoms with Crippen LogP contribution in [0, 0.1) is 0 Å². The minimum atomic E-state index is -0.247. The number of amides is 2. The molecule has 0 aliphatic carbocycles. The lowest BCUT2D eigenvalue weighted by Gasteiger charge is -2.13. The van der Waals surface area contributed by atoms with E-state index in [-0.39, 0.29) is 11.8 Å². The zero-order chi connectivity index (χ0) is 11.0. The smallest absolute Gasteiger partial charge is 0.261 e. The van der Waals surface area contributed by atoms with Gasteiger partial charge in [-0.3, -0.25) is 14.6 Å². The molecule has 1 aromatic rings. The van der Waals surface area contributed by atoms with Gasteiger partial charge in [-0.25, -0.2) is 4.90 Å². The number of anilines is 1. The number of carbonyl (C=O) groups excluding carboxylic acids is 2. The molecule has 0 atom stereocenters. The van der Waals surface area contributed by atoms with Gasteiger partial charge in [0.1, 0.15) is 0 Å². The number of hydrogen-bond donors (Lipinski definition) is 0. The number of hydrogen-bond acceptors (Lipinski definition) is 3. The van der Waals surface area contributed by atoms with Gasteiger partial charge in [-0.05, 0) is 26.0 Å². The van der Waals surface area contributed by atoms with Gasteiger partial charge in [-0.1, -0.05) is 0 Å². The molecule has 0 fully saturated rings. The maximum atomic E-state index is 11.8. The van der Waals surface area contributed by atoms with Crippen LogP contribution >= 0.6 is 0 Å². The first-order valence-corrected chi connectivity index (χ1v) is 4.59. The van der Waals surface area contributed by atoms with Crippen molar-refractivity contribution in [3.05, 3.63) is 35.7 Å². The fourth-order valence-corrected chi connectivity index (χ4v) is 1.48. The second kappa shape index (κ2) is 3.31. The van der Waals surface area contributed by atoms with Crippen LogP contribution in [0.25, 0.3) is 0 Å². The third kappa shape index (κ3) is 1.34. The second-order valence-electron chi connectivity index (χ2n) is 3.40. The standard InChI is InChI=1S/C11H10N2O2/c1-7-8(2)11(15)13(10(7)14)9-3-5-12-6-4-9/h3-6H,1-2H3. The van der Waals surface area contributed by atoms with Crippen LogP contribution in [-0.4, -0.2) is 16.8 Å². The summed E-state index contributed by atoms with van der Waals surface area (Å²) in [6, 6.07) is 3.28. The second-order valence-corrected chi connectivity index (χ2v) is 3.40. The van der Waals surface area contributed by atoms with Crippen LogP contribution < -0.4 is 4.90 Å². The average Bonchev–Trinajstić information content (AvgIpc) is 2.45. The molecule has 1 aromatic heterocycles. The van der Waals surface area contributed by atoms with E-state index in [9.17, 15) is 9.59 Å². The van der Waals surface area contributed by atoms with Gasteiger partial charge < -0.3 is 0 Å².